The Balaban J connectivity index is 3.63. The molecule has 0 heterocycles. The number of hydrogen-bond donors (Lipinski definition) is 1. The van der Waals surface area contributed by atoms with Crippen molar-refractivity contribution in [1.82, 2.24) is 0 Å². The molecular formula is C3H4O3S2. The van der Waals surface area contributed by atoms with Gasteiger partial charge in [0.25, 0.3) is 0 Å². The van der Waals surface area contributed by atoms with Gasteiger partial charge in [0.15, 0.2) is 0 Å². The van der Waals surface area contributed by atoms with Crippen LogP contribution in [0.3, 0.4) is 0 Å². The zero-order valence-electron chi connectivity index (χ0n) is 3.86. The van der Waals surface area contributed by atoms with Crippen molar-refractivity contribution in [2.24, 2.45) is 0 Å². The molecule has 0 bridgehead atoms. The highest BCUT2D eigenvalue weighted by molar-refractivity contribution is 8.70. The lowest BCUT2D eigenvalue weighted by Gasteiger charge is -1.85. The second-order valence-electron chi connectivity index (χ2n) is 0.894. The van der Waals surface area contributed by atoms with Gasteiger partial charge in [-0.25, -0.2) is 0 Å². The highest BCUT2D eigenvalue weighted by Gasteiger charge is 2.00. The van der Waals surface area contributed by atoms with Crippen molar-refractivity contribution >= 4 is 19.9 Å². The van der Waals surface area contributed by atoms with E-state index in [9.17, 15) is 8.42 Å². The average molecular weight is 152 g/mol. The fourth-order valence-corrected chi connectivity index (χ4v) is 0.976. The van der Waals surface area contributed by atoms with Crippen LogP contribution in [-0.4, -0.2) is 18.7 Å². The van der Waals surface area contributed by atoms with Gasteiger partial charge in [-0.2, -0.15) is 8.42 Å². The molecule has 0 saturated heterocycles. The molecule has 5 heteroatoms. The summed E-state index contributed by atoms with van der Waals surface area (Å²) >= 11 is 0. The van der Waals surface area contributed by atoms with E-state index in [-0.39, 0.29) is 5.75 Å². The molecule has 0 aliphatic heterocycles. The van der Waals surface area contributed by atoms with Gasteiger partial charge in [0.05, 0.1) is 5.75 Å². The van der Waals surface area contributed by atoms with Gasteiger partial charge in [-0.05, 0) is 0 Å². The lowest BCUT2D eigenvalue weighted by atomic mass is 10.8. The minimum atomic E-state index is -3.91. The Morgan fingerprint density at radius 1 is 1.75 bits per heavy atom. The van der Waals surface area contributed by atoms with Crippen LogP contribution in [-0.2, 0) is 9.15 Å². The van der Waals surface area contributed by atoms with Crippen molar-refractivity contribution in [3.63, 3.8) is 0 Å². The van der Waals surface area contributed by atoms with E-state index in [1.54, 1.807) is 0 Å². The summed E-state index contributed by atoms with van der Waals surface area (Å²) in [6.07, 6.45) is 4.69. The molecule has 0 spiro atoms. The van der Waals surface area contributed by atoms with E-state index in [0.29, 0.717) is 10.8 Å². The van der Waals surface area contributed by atoms with E-state index >= 15 is 0 Å². The molecule has 0 aromatic heterocycles. The molecule has 0 rings (SSSR count). The molecule has 0 fully saturated rings. The van der Waals surface area contributed by atoms with Gasteiger partial charge in [0.2, 0.25) is 0 Å². The van der Waals surface area contributed by atoms with E-state index < -0.39 is 9.15 Å². The van der Waals surface area contributed by atoms with E-state index in [4.69, 9.17) is 4.55 Å². The first-order valence-electron chi connectivity index (χ1n) is 1.61. The van der Waals surface area contributed by atoms with E-state index in [2.05, 4.69) is 6.42 Å². The van der Waals surface area contributed by atoms with Crippen molar-refractivity contribution in [2.45, 2.75) is 0 Å². The molecule has 0 aromatic carbocycles. The van der Waals surface area contributed by atoms with Crippen LogP contribution in [0.25, 0.3) is 0 Å². The Morgan fingerprint density at radius 3 is 2.38 bits per heavy atom. The maximum Gasteiger partial charge on any atom is 0.320 e. The molecule has 0 amide bonds. The summed E-state index contributed by atoms with van der Waals surface area (Å²) in [6.45, 7) is 0. The molecule has 0 saturated carbocycles. The Bertz CT molecular complexity index is 185. The molecule has 8 heavy (non-hydrogen) atoms. The molecule has 46 valence electrons. The third kappa shape index (κ3) is 5.82. The Labute approximate surface area is 51.6 Å². The van der Waals surface area contributed by atoms with Crippen LogP contribution in [0, 0.1) is 12.3 Å². The van der Waals surface area contributed by atoms with E-state index in [1.165, 1.54) is 0 Å². The summed E-state index contributed by atoms with van der Waals surface area (Å²) in [5.41, 5.74) is 0. The number of terminal acetylenes is 1. The SMILES string of the molecule is C#CCSS(=O)(=O)O. The van der Waals surface area contributed by atoms with Gasteiger partial charge in [-0.1, -0.05) is 5.92 Å². The zero-order chi connectivity index (χ0) is 6.62. The molecule has 0 aliphatic carbocycles. The monoisotopic (exact) mass is 152 g/mol. The van der Waals surface area contributed by atoms with Crippen molar-refractivity contribution < 1.29 is 13.0 Å². The average Bonchev–Trinajstić information content (AvgIpc) is 1.59. The maximum atomic E-state index is 9.81. The molecule has 0 unspecified atom stereocenters. The summed E-state index contributed by atoms with van der Waals surface area (Å²) in [4.78, 5) is 0. The third-order valence-corrected chi connectivity index (χ3v) is 2.12. The summed E-state index contributed by atoms with van der Waals surface area (Å²) in [5.74, 6) is 2.03. The normalized spacial score (nSPS) is 10.5. The lowest BCUT2D eigenvalue weighted by Crippen LogP contribution is -1.89. The Hall–Kier alpha value is -0.180. The lowest BCUT2D eigenvalue weighted by molar-refractivity contribution is 0.503. The minimum Gasteiger partial charge on any atom is -0.277 e. The van der Waals surface area contributed by atoms with Crippen LogP contribution in [0.2, 0.25) is 0 Å². The smallest absolute Gasteiger partial charge is 0.277 e. The topological polar surface area (TPSA) is 54.4 Å². The van der Waals surface area contributed by atoms with Crippen molar-refractivity contribution in [2.75, 3.05) is 5.75 Å². The molecule has 0 radical (unpaired) electrons. The first kappa shape index (κ1) is 7.82. The summed E-state index contributed by atoms with van der Waals surface area (Å²) < 4.78 is 27.6. The highest BCUT2D eigenvalue weighted by Crippen LogP contribution is 2.06. The second-order valence-corrected chi connectivity index (χ2v) is 4.24. The molecule has 0 aliphatic rings. The van der Waals surface area contributed by atoms with E-state index in [1.807, 2.05) is 5.92 Å². The molecule has 0 aromatic rings. The zero-order valence-corrected chi connectivity index (χ0v) is 5.50. The fraction of sp³-hybridized carbons (Fsp3) is 0.333. The Morgan fingerprint density at radius 2 is 2.25 bits per heavy atom. The quantitative estimate of drug-likeness (QED) is 0.348. The highest BCUT2D eigenvalue weighted by atomic mass is 33.1. The molecule has 1 N–H and O–H groups in total. The van der Waals surface area contributed by atoms with Crippen LogP contribution < -0.4 is 0 Å². The second kappa shape index (κ2) is 2.97. The van der Waals surface area contributed by atoms with Crippen LogP contribution >= 0.6 is 10.8 Å². The number of rotatable bonds is 2. The van der Waals surface area contributed by atoms with Crippen molar-refractivity contribution in [1.29, 1.82) is 0 Å². The van der Waals surface area contributed by atoms with Gasteiger partial charge < -0.3 is 0 Å². The van der Waals surface area contributed by atoms with Gasteiger partial charge in [-0.15, -0.1) is 6.42 Å². The van der Waals surface area contributed by atoms with Crippen LogP contribution in [0.5, 0.6) is 0 Å². The van der Waals surface area contributed by atoms with Gasteiger partial charge >= 0.3 is 9.15 Å². The minimum absolute atomic E-state index is 0.0150. The number of hydrogen-bond acceptors (Lipinski definition) is 3. The van der Waals surface area contributed by atoms with Crippen LogP contribution in [0.15, 0.2) is 0 Å². The largest absolute Gasteiger partial charge is 0.320 e. The Kier molecular flexibility index (Phi) is 2.90. The summed E-state index contributed by atoms with van der Waals surface area (Å²) in [6, 6.07) is 0. The van der Waals surface area contributed by atoms with Crippen LogP contribution in [0.1, 0.15) is 0 Å². The summed E-state index contributed by atoms with van der Waals surface area (Å²) in [7, 11) is -3.59. The fourth-order valence-electron chi connectivity index (χ4n) is 0.108. The van der Waals surface area contributed by atoms with Crippen molar-refractivity contribution in [3.05, 3.63) is 0 Å². The van der Waals surface area contributed by atoms with Gasteiger partial charge in [0.1, 0.15) is 0 Å². The molecule has 0 atom stereocenters. The first-order valence-corrected chi connectivity index (χ1v) is 4.56. The standard InChI is InChI=1S/C3H4O3S2/c1-2-3-7-8(4,5)6/h1H,3H2,(H,4,5,6). The van der Waals surface area contributed by atoms with Gasteiger partial charge in [-0.3, -0.25) is 4.55 Å². The first-order chi connectivity index (χ1) is 3.56. The predicted octanol–water partition coefficient (Wildman–Crippen LogP) is 0.156. The van der Waals surface area contributed by atoms with Crippen molar-refractivity contribution in [3.8, 4) is 12.3 Å². The van der Waals surface area contributed by atoms with E-state index in [0.717, 1.165) is 0 Å². The maximum absolute atomic E-state index is 9.81. The predicted molar refractivity (Wildman–Crippen MR) is 32.8 cm³/mol. The van der Waals surface area contributed by atoms with Gasteiger partial charge in [0, 0.05) is 10.8 Å². The third-order valence-electron chi connectivity index (χ3n) is 0.291. The summed E-state index contributed by atoms with van der Waals surface area (Å²) in [5, 5.41) is 0. The molecule has 3 nitrogen and oxygen atoms in total. The van der Waals surface area contributed by atoms with Crippen LogP contribution in [0.4, 0.5) is 0 Å². The molecular weight excluding hydrogens is 148 g/mol.